The molecular weight excluding hydrogens is 346 g/mol. The summed E-state index contributed by atoms with van der Waals surface area (Å²) in [6, 6.07) is 11.6. The van der Waals surface area contributed by atoms with Gasteiger partial charge >= 0.3 is 0 Å². The van der Waals surface area contributed by atoms with Crippen LogP contribution in [0.1, 0.15) is 30.3 Å². The normalized spacial score (nSPS) is 10.5. The van der Waals surface area contributed by atoms with Crippen molar-refractivity contribution in [2.24, 2.45) is 0 Å². The van der Waals surface area contributed by atoms with Crippen LogP contribution in [0.4, 0.5) is 5.82 Å². The number of pyridine rings is 1. The summed E-state index contributed by atoms with van der Waals surface area (Å²) in [5, 5.41) is 2.05. The first-order chi connectivity index (χ1) is 12.7. The van der Waals surface area contributed by atoms with Crippen molar-refractivity contribution in [3.8, 4) is 11.5 Å². The molecule has 6 nitrogen and oxygen atoms in total. The van der Waals surface area contributed by atoms with Crippen molar-refractivity contribution < 1.29 is 4.79 Å². The molecule has 0 unspecified atom stereocenters. The van der Waals surface area contributed by atoms with E-state index in [-0.39, 0.29) is 5.91 Å². The van der Waals surface area contributed by atoms with Gasteiger partial charge < -0.3 is 0 Å². The molecule has 0 atom stereocenters. The van der Waals surface area contributed by atoms with Crippen LogP contribution in [-0.4, -0.2) is 20.9 Å². The molecule has 0 fully saturated rings. The first-order valence-corrected chi connectivity index (χ1v) is 9.49. The third-order valence-electron chi connectivity index (χ3n) is 3.77. The SMILES string of the molecule is CCc1cc(NNC(=O)CCCc2cccs2)nc(-c2ccccn2)n1. The summed E-state index contributed by atoms with van der Waals surface area (Å²) in [6.45, 7) is 2.03. The lowest BCUT2D eigenvalue weighted by atomic mass is 10.2. The summed E-state index contributed by atoms with van der Waals surface area (Å²) >= 11 is 1.72. The van der Waals surface area contributed by atoms with Gasteiger partial charge in [-0.3, -0.25) is 20.6 Å². The third-order valence-corrected chi connectivity index (χ3v) is 4.71. The lowest BCUT2D eigenvalue weighted by Crippen LogP contribution is -2.29. The Hall–Kier alpha value is -2.80. The first kappa shape index (κ1) is 18.0. The summed E-state index contributed by atoms with van der Waals surface area (Å²) in [7, 11) is 0. The fraction of sp³-hybridized carbons (Fsp3) is 0.263. The molecule has 0 saturated carbocycles. The molecule has 0 aliphatic heterocycles. The maximum atomic E-state index is 12.0. The van der Waals surface area contributed by atoms with Gasteiger partial charge in [-0.25, -0.2) is 9.97 Å². The van der Waals surface area contributed by atoms with E-state index in [1.807, 2.05) is 37.3 Å². The number of aryl methyl sites for hydroxylation is 2. The van der Waals surface area contributed by atoms with Crippen molar-refractivity contribution in [3.05, 3.63) is 58.5 Å². The molecule has 3 aromatic rings. The molecule has 0 bridgehead atoms. The van der Waals surface area contributed by atoms with Crippen LogP contribution >= 0.6 is 11.3 Å². The Morgan fingerprint density at radius 3 is 2.85 bits per heavy atom. The first-order valence-electron chi connectivity index (χ1n) is 8.61. The fourth-order valence-electron chi connectivity index (χ4n) is 2.43. The largest absolute Gasteiger partial charge is 0.282 e. The number of nitrogens with zero attached hydrogens (tertiary/aromatic N) is 3. The Kier molecular flexibility index (Phi) is 6.27. The number of hydrazine groups is 1. The monoisotopic (exact) mass is 367 g/mol. The maximum Gasteiger partial charge on any atom is 0.238 e. The lowest BCUT2D eigenvalue weighted by molar-refractivity contribution is -0.120. The number of carbonyl (C=O) groups is 1. The summed E-state index contributed by atoms with van der Waals surface area (Å²) in [6.07, 6.45) is 4.68. The molecule has 134 valence electrons. The minimum absolute atomic E-state index is 0.0578. The number of amides is 1. The van der Waals surface area contributed by atoms with Gasteiger partial charge in [0.2, 0.25) is 5.91 Å². The van der Waals surface area contributed by atoms with Gasteiger partial charge in [0.15, 0.2) is 5.82 Å². The summed E-state index contributed by atoms with van der Waals surface area (Å²) < 4.78 is 0. The average molecular weight is 367 g/mol. The van der Waals surface area contributed by atoms with Crippen molar-refractivity contribution in [3.63, 3.8) is 0 Å². The second-order valence-electron chi connectivity index (χ2n) is 5.74. The number of hydrogen-bond donors (Lipinski definition) is 2. The zero-order valence-corrected chi connectivity index (χ0v) is 15.4. The minimum atomic E-state index is -0.0578. The fourth-order valence-corrected chi connectivity index (χ4v) is 3.18. The second kappa shape index (κ2) is 9.05. The third kappa shape index (κ3) is 5.10. The van der Waals surface area contributed by atoms with Crippen LogP contribution in [0, 0.1) is 0 Å². The Morgan fingerprint density at radius 2 is 2.12 bits per heavy atom. The Bertz CT molecular complexity index is 836. The van der Waals surface area contributed by atoms with E-state index in [1.54, 1.807) is 17.5 Å². The molecule has 1 amide bonds. The molecule has 0 aliphatic rings. The van der Waals surface area contributed by atoms with Gasteiger partial charge in [0.1, 0.15) is 11.5 Å². The summed E-state index contributed by atoms with van der Waals surface area (Å²) in [4.78, 5) is 26.6. The summed E-state index contributed by atoms with van der Waals surface area (Å²) in [5.41, 5.74) is 7.20. The van der Waals surface area contributed by atoms with E-state index in [0.29, 0.717) is 23.8 Å². The highest BCUT2D eigenvalue weighted by Gasteiger charge is 2.08. The predicted molar refractivity (Wildman–Crippen MR) is 104 cm³/mol. The standard InChI is InChI=1S/C19H21N5OS/c1-2-14-13-17(22-19(21-14)16-9-3-4-11-20-16)23-24-18(25)10-5-7-15-8-6-12-26-15/h3-4,6,8-9,11-13H,2,5,7,10H2,1H3,(H,24,25)(H,21,22,23). The molecule has 0 spiro atoms. The van der Waals surface area contributed by atoms with E-state index < -0.39 is 0 Å². The van der Waals surface area contributed by atoms with Gasteiger partial charge in [-0.2, -0.15) is 0 Å². The second-order valence-corrected chi connectivity index (χ2v) is 6.77. The molecule has 7 heteroatoms. The Balaban J connectivity index is 1.57. The highest BCUT2D eigenvalue weighted by molar-refractivity contribution is 7.09. The molecule has 3 rings (SSSR count). The van der Waals surface area contributed by atoms with Crippen LogP contribution in [0.15, 0.2) is 48.0 Å². The van der Waals surface area contributed by atoms with Gasteiger partial charge in [0.25, 0.3) is 0 Å². The van der Waals surface area contributed by atoms with Crippen molar-refractivity contribution >= 4 is 23.1 Å². The predicted octanol–water partition coefficient (Wildman–Crippen LogP) is 3.63. The smallest absolute Gasteiger partial charge is 0.238 e. The number of nitrogens with one attached hydrogen (secondary N) is 2. The van der Waals surface area contributed by atoms with Crippen LogP contribution < -0.4 is 10.9 Å². The zero-order chi connectivity index (χ0) is 18.2. The number of carbonyl (C=O) groups excluding carboxylic acids is 1. The Labute approximate surface area is 156 Å². The van der Waals surface area contributed by atoms with Crippen molar-refractivity contribution in [2.45, 2.75) is 32.6 Å². The molecule has 0 radical (unpaired) electrons. The highest BCUT2D eigenvalue weighted by atomic mass is 32.1. The minimum Gasteiger partial charge on any atom is -0.282 e. The van der Waals surface area contributed by atoms with E-state index in [0.717, 1.165) is 25.0 Å². The molecule has 3 heterocycles. The Morgan fingerprint density at radius 1 is 1.19 bits per heavy atom. The van der Waals surface area contributed by atoms with Crippen LogP contribution in [0.25, 0.3) is 11.5 Å². The van der Waals surface area contributed by atoms with Gasteiger partial charge in [-0.15, -0.1) is 11.3 Å². The lowest BCUT2D eigenvalue weighted by Gasteiger charge is -2.10. The zero-order valence-electron chi connectivity index (χ0n) is 14.6. The van der Waals surface area contributed by atoms with Gasteiger partial charge in [-0.05, 0) is 42.8 Å². The quantitative estimate of drug-likeness (QED) is 0.594. The van der Waals surface area contributed by atoms with Gasteiger partial charge in [0, 0.05) is 29.3 Å². The van der Waals surface area contributed by atoms with Crippen LogP contribution in [-0.2, 0) is 17.6 Å². The number of rotatable bonds is 8. The van der Waals surface area contributed by atoms with E-state index in [2.05, 4.69) is 37.2 Å². The molecule has 0 saturated heterocycles. The average Bonchev–Trinajstić information content (AvgIpc) is 3.20. The molecule has 0 aliphatic carbocycles. The van der Waals surface area contributed by atoms with Crippen molar-refractivity contribution in [2.75, 3.05) is 5.43 Å². The maximum absolute atomic E-state index is 12.0. The van der Waals surface area contributed by atoms with Crippen molar-refractivity contribution in [1.82, 2.24) is 20.4 Å². The molecular formula is C19H21N5OS. The van der Waals surface area contributed by atoms with Crippen LogP contribution in [0.5, 0.6) is 0 Å². The van der Waals surface area contributed by atoms with Crippen LogP contribution in [0.2, 0.25) is 0 Å². The van der Waals surface area contributed by atoms with Crippen LogP contribution in [0.3, 0.4) is 0 Å². The molecule has 0 aromatic carbocycles. The molecule has 3 aromatic heterocycles. The van der Waals surface area contributed by atoms with E-state index >= 15 is 0 Å². The number of hydrogen-bond acceptors (Lipinski definition) is 6. The number of anilines is 1. The van der Waals surface area contributed by atoms with Gasteiger partial charge in [-0.1, -0.05) is 19.1 Å². The molecule has 2 N–H and O–H groups in total. The van der Waals surface area contributed by atoms with E-state index in [4.69, 9.17) is 0 Å². The number of aromatic nitrogens is 3. The highest BCUT2D eigenvalue weighted by Crippen LogP contribution is 2.16. The van der Waals surface area contributed by atoms with E-state index in [1.165, 1.54) is 4.88 Å². The van der Waals surface area contributed by atoms with E-state index in [9.17, 15) is 4.79 Å². The summed E-state index contributed by atoms with van der Waals surface area (Å²) in [5.74, 6) is 1.04. The van der Waals surface area contributed by atoms with Gasteiger partial charge in [0.05, 0.1) is 0 Å². The van der Waals surface area contributed by atoms with Crippen molar-refractivity contribution in [1.29, 1.82) is 0 Å². The topological polar surface area (TPSA) is 79.8 Å². The molecule has 26 heavy (non-hydrogen) atoms. The number of thiophene rings is 1.